The topological polar surface area (TPSA) is 108 Å². The van der Waals surface area contributed by atoms with Crippen molar-refractivity contribution in [1.29, 1.82) is 0 Å². The lowest BCUT2D eigenvalue weighted by molar-refractivity contribution is -0.148. The average molecular weight is 320 g/mol. The van der Waals surface area contributed by atoms with Crippen molar-refractivity contribution in [3.8, 4) is 0 Å². The molecule has 112 valence electrons. The first-order valence-electron chi connectivity index (χ1n) is 6.00. The summed E-state index contributed by atoms with van der Waals surface area (Å²) in [7, 11) is -3.70. The zero-order valence-electron chi connectivity index (χ0n) is 10.9. The van der Waals surface area contributed by atoms with E-state index in [0.717, 1.165) is 11.3 Å². The summed E-state index contributed by atoms with van der Waals surface area (Å²) in [6, 6.07) is 2.74. The van der Waals surface area contributed by atoms with Crippen LogP contribution in [0.5, 0.6) is 0 Å². The van der Waals surface area contributed by atoms with Crippen molar-refractivity contribution in [2.75, 3.05) is 19.8 Å². The van der Waals surface area contributed by atoms with Gasteiger partial charge in [-0.1, -0.05) is 0 Å². The fourth-order valence-corrected chi connectivity index (χ4v) is 3.49. The molecule has 7 nitrogen and oxygen atoms in total. The van der Waals surface area contributed by atoms with Gasteiger partial charge >= 0.3 is 0 Å². The first-order valence-corrected chi connectivity index (χ1v) is 8.36. The van der Waals surface area contributed by atoms with Crippen molar-refractivity contribution in [2.24, 2.45) is 5.14 Å². The van der Waals surface area contributed by atoms with E-state index < -0.39 is 16.1 Å². The number of rotatable bonds is 4. The Balaban J connectivity index is 1.99. The molecule has 9 heteroatoms. The second kappa shape index (κ2) is 6.19. The Morgan fingerprint density at radius 1 is 1.50 bits per heavy atom. The molecule has 3 N–H and O–H groups in total. The van der Waals surface area contributed by atoms with Crippen LogP contribution in [0.2, 0.25) is 0 Å². The average Bonchev–Trinajstić information content (AvgIpc) is 2.89. The number of primary sulfonamides is 1. The van der Waals surface area contributed by atoms with E-state index in [-0.39, 0.29) is 22.8 Å². The Morgan fingerprint density at radius 3 is 2.80 bits per heavy atom. The predicted octanol–water partition coefficient (Wildman–Crippen LogP) is -0.0119. The summed E-state index contributed by atoms with van der Waals surface area (Å²) < 4.78 is 32.9. The van der Waals surface area contributed by atoms with Crippen molar-refractivity contribution in [3.05, 3.63) is 17.0 Å². The Bertz CT molecular complexity index is 577. The molecule has 1 amide bonds. The van der Waals surface area contributed by atoms with E-state index in [9.17, 15) is 13.2 Å². The van der Waals surface area contributed by atoms with Gasteiger partial charge in [0.2, 0.25) is 10.0 Å². The number of ether oxygens (including phenoxy) is 2. The maximum Gasteiger partial charge on any atom is 0.252 e. The van der Waals surface area contributed by atoms with Crippen LogP contribution in [0.3, 0.4) is 0 Å². The van der Waals surface area contributed by atoms with E-state index in [1.165, 1.54) is 6.07 Å². The minimum Gasteiger partial charge on any atom is -0.376 e. The van der Waals surface area contributed by atoms with Gasteiger partial charge in [-0.05, 0) is 19.1 Å². The highest BCUT2D eigenvalue weighted by molar-refractivity contribution is 7.91. The lowest BCUT2D eigenvalue weighted by Gasteiger charge is -2.23. The molecule has 0 radical (unpaired) electrons. The number of hydrogen-bond acceptors (Lipinski definition) is 6. The van der Waals surface area contributed by atoms with E-state index >= 15 is 0 Å². The fraction of sp³-hybridized carbons (Fsp3) is 0.545. The second-order valence-electron chi connectivity index (χ2n) is 4.37. The molecule has 0 bridgehead atoms. The van der Waals surface area contributed by atoms with Gasteiger partial charge < -0.3 is 14.8 Å². The number of nitrogens with one attached hydrogen (secondary N) is 1. The highest BCUT2D eigenvalue weighted by Crippen LogP contribution is 2.25. The van der Waals surface area contributed by atoms with Crippen LogP contribution in [0.1, 0.15) is 17.8 Å². The molecule has 2 unspecified atom stereocenters. The van der Waals surface area contributed by atoms with Gasteiger partial charge in [0.25, 0.3) is 5.91 Å². The monoisotopic (exact) mass is 320 g/mol. The molecule has 0 aliphatic carbocycles. The van der Waals surface area contributed by atoms with Crippen LogP contribution in [-0.2, 0) is 24.3 Å². The maximum atomic E-state index is 11.9. The van der Waals surface area contributed by atoms with Gasteiger partial charge in [0, 0.05) is 4.88 Å². The number of thiophene rings is 1. The zero-order chi connectivity index (χ0) is 14.8. The quantitative estimate of drug-likeness (QED) is 0.811. The van der Waals surface area contributed by atoms with Crippen LogP contribution in [0.15, 0.2) is 16.3 Å². The van der Waals surface area contributed by atoms with Crippen molar-refractivity contribution in [3.63, 3.8) is 0 Å². The summed E-state index contributed by atoms with van der Waals surface area (Å²) in [6.45, 7) is 2.87. The van der Waals surface area contributed by atoms with Crippen LogP contribution in [-0.4, -0.2) is 40.2 Å². The number of hydrogen-bond donors (Lipinski definition) is 2. The third-order valence-corrected chi connectivity index (χ3v) is 5.48. The number of carbonyl (C=O) groups excluding carboxylic acids is 1. The van der Waals surface area contributed by atoms with Gasteiger partial charge in [0.05, 0.1) is 25.9 Å². The normalized spacial score (nSPS) is 21.4. The lowest BCUT2D eigenvalue weighted by Crippen LogP contribution is -2.43. The van der Waals surface area contributed by atoms with Crippen molar-refractivity contribution in [2.45, 2.75) is 23.3 Å². The number of amides is 1. The standard InChI is InChI=1S/C11H16N2O5S2/c1-7(9-2-3-10(19-9)20(12,15)16)13-11(14)8-6-17-4-5-18-8/h2-3,7-8H,4-6H2,1H3,(H,13,14)(H2,12,15,16). The highest BCUT2D eigenvalue weighted by atomic mass is 32.2. The van der Waals surface area contributed by atoms with Crippen LogP contribution < -0.4 is 10.5 Å². The van der Waals surface area contributed by atoms with E-state index in [0.29, 0.717) is 18.1 Å². The maximum absolute atomic E-state index is 11.9. The summed E-state index contributed by atoms with van der Waals surface area (Å²) in [4.78, 5) is 12.6. The molecule has 1 aliphatic heterocycles. The van der Waals surface area contributed by atoms with Gasteiger partial charge in [-0.2, -0.15) is 0 Å². The van der Waals surface area contributed by atoms with Crippen molar-refractivity contribution >= 4 is 27.3 Å². The third kappa shape index (κ3) is 3.76. The first kappa shape index (κ1) is 15.4. The molecule has 1 aromatic heterocycles. The second-order valence-corrected chi connectivity index (χ2v) is 7.27. The van der Waals surface area contributed by atoms with Crippen LogP contribution >= 0.6 is 11.3 Å². The summed E-state index contributed by atoms with van der Waals surface area (Å²) in [6.07, 6.45) is -0.621. The molecular formula is C11H16N2O5S2. The molecule has 20 heavy (non-hydrogen) atoms. The summed E-state index contributed by atoms with van der Waals surface area (Å²) in [5, 5.41) is 7.81. The minimum atomic E-state index is -3.70. The van der Waals surface area contributed by atoms with Gasteiger partial charge in [0.15, 0.2) is 6.10 Å². The van der Waals surface area contributed by atoms with E-state index in [2.05, 4.69) is 5.32 Å². The molecule has 0 aromatic carbocycles. The Morgan fingerprint density at radius 2 is 2.25 bits per heavy atom. The van der Waals surface area contributed by atoms with E-state index in [1.807, 2.05) is 0 Å². The number of sulfonamides is 1. The lowest BCUT2D eigenvalue weighted by atomic mass is 10.2. The Hall–Kier alpha value is -1.00. The van der Waals surface area contributed by atoms with Crippen LogP contribution in [0, 0.1) is 0 Å². The molecule has 1 saturated heterocycles. The molecular weight excluding hydrogens is 304 g/mol. The Labute approximate surface area is 121 Å². The molecule has 2 rings (SSSR count). The highest BCUT2D eigenvalue weighted by Gasteiger charge is 2.25. The van der Waals surface area contributed by atoms with Gasteiger partial charge in [0.1, 0.15) is 4.21 Å². The van der Waals surface area contributed by atoms with Gasteiger partial charge in [-0.3, -0.25) is 4.79 Å². The largest absolute Gasteiger partial charge is 0.376 e. The molecule has 0 spiro atoms. The summed E-state index contributed by atoms with van der Waals surface area (Å²) in [5.41, 5.74) is 0. The predicted molar refractivity (Wildman–Crippen MR) is 72.8 cm³/mol. The smallest absolute Gasteiger partial charge is 0.252 e. The molecule has 1 aliphatic rings. The summed E-state index contributed by atoms with van der Waals surface area (Å²) >= 11 is 1.04. The van der Waals surface area contributed by atoms with E-state index in [1.54, 1.807) is 13.0 Å². The molecule has 2 atom stereocenters. The Kier molecular flexibility index (Phi) is 4.76. The van der Waals surface area contributed by atoms with Gasteiger partial charge in [-0.25, -0.2) is 13.6 Å². The molecule has 1 aromatic rings. The first-order chi connectivity index (χ1) is 9.38. The summed E-state index contributed by atoms with van der Waals surface area (Å²) in [5.74, 6) is -0.275. The van der Waals surface area contributed by atoms with Crippen molar-refractivity contribution < 1.29 is 22.7 Å². The molecule has 0 saturated carbocycles. The van der Waals surface area contributed by atoms with E-state index in [4.69, 9.17) is 14.6 Å². The zero-order valence-corrected chi connectivity index (χ0v) is 12.5. The molecule has 2 heterocycles. The SMILES string of the molecule is CC(NC(=O)C1COCCO1)c1ccc(S(N)(=O)=O)s1. The minimum absolute atomic E-state index is 0.0749. The number of carbonyl (C=O) groups is 1. The number of nitrogens with two attached hydrogens (primary N) is 1. The van der Waals surface area contributed by atoms with Gasteiger partial charge in [-0.15, -0.1) is 11.3 Å². The van der Waals surface area contributed by atoms with Crippen LogP contribution in [0.25, 0.3) is 0 Å². The third-order valence-electron chi connectivity index (χ3n) is 2.78. The fourth-order valence-electron chi connectivity index (χ4n) is 1.74. The molecule has 1 fully saturated rings. The van der Waals surface area contributed by atoms with Crippen LogP contribution in [0.4, 0.5) is 0 Å². The van der Waals surface area contributed by atoms with Crippen molar-refractivity contribution in [1.82, 2.24) is 5.32 Å².